The molecule has 686 valence electrons. The van der Waals surface area contributed by atoms with Crippen molar-refractivity contribution in [2.75, 3.05) is 19.6 Å². The van der Waals surface area contributed by atoms with Crippen molar-refractivity contribution in [3.8, 4) is 44.9 Å². The Hall–Kier alpha value is -15.5. The Kier molecular flexibility index (Phi) is 20.1. The van der Waals surface area contributed by atoms with Crippen molar-refractivity contribution in [3.05, 3.63) is 537 Å². The molecule has 0 saturated heterocycles. The van der Waals surface area contributed by atoms with Gasteiger partial charge < -0.3 is 28.9 Å². The highest BCUT2D eigenvalue weighted by Gasteiger charge is 2.64. The van der Waals surface area contributed by atoms with E-state index in [0.717, 1.165) is 80.2 Å². The Morgan fingerprint density at radius 3 is 1.10 bits per heavy atom. The van der Waals surface area contributed by atoms with Gasteiger partial charge in [-0.2, -0.15) is 0 Å². The molecule has 27 rings (SSSR count). The van der Waals surface area contributed by atoms with Gasteiger partial charge in [-0.1, -0.05) is 424 Å². The smallest absolute Gasteiger partial charge is 0.251 e. The zero-order valence-electron chi connectivity index (χ0n) is 81.8. The lowest BCUT2D eigenvalue weighted by Gasteiger charge is -2.48. The maximum absolute atomic E-state index is 7.86. The lowest BCUT2D eigenvalue weighted by atomic mass is 9.29. The van der Waals surface area contributed by atoms with Crippen molar-refractivity contribution in [1.82, 2.24) is 0 Å². The minimum Gasteiger partial charge on any atom is -0.477 e. The van der Waals surface area contributed by atoms with E-state index in [1.54, 1.807) is 0 Å². The van der Waals surface area contributed by atoms with Crippen molar-refractivity contribution in [2.45, 2.75) is 126 Å². The SMILES string of the molecule is Cc1cc2c3c(c1)N(c1ccc(C(C)(C)C)cc1)c1cc4c(cc1B3C1=C(OC(c3ccccc3)(c3ccccc3)C1)N2c1ccc(C(C)(C)C)cc1)CC(c1ccccc1)(c1ccccc1)O4.Cc1cc2c3c(c1)N(c1ccccc1-c1ccccc1)c1cc4c(cc1B3C1=C(SC(C)(c3ccccc3)C1(C)c1ccccc1)N2c1ccccc1-c1ccccc1)CC1(O4)c2ccccc2-c2ccccc21. The fourth-order valence-corrected chi connectivity index (χ4v) is 27.1. The molecule has 0 fully saturated rings. The van der Waals surface area contributed by atoms with Gasteiger partial charge in [0, 0.05) is 127 Å². The fourth-order valence-electron chi connectivity index (χ4n) is 25.3. The van der Waals surface area contributed by atoms with Crippen LogP contribution in [-0.2, 0) is 55.4 Å². The van der Waals surface area contributed by atoms with Gasteiger partial charge in [0.25, 0.3) is 6.71 Å². The number of allylic oxidation sites excluding steroid dienone is 1. The van der Waals surface area contributed by atoms with E-state index in [4.69, 9.17) is 14.2 Å². The summed E-state index contributed by atoms with van der Waals surface area (Å²) < 4.78 is 22.6. The normalized spacial score (nSPS) is 17.8. The first-order valence-electron chi connectivity index (χ1n) is 50.3. The van der Waals surface area contributed by atoms with Crippen LogP contribution in [0.25, 0.3) is 33.4 Å². The number of benzene rings is 18. The third-order valence-corrected chi connectivity index (χ3v) is 33.9. The quantitative estimate of drug-likeness (QED) is 0.112. The average Bonchev–Trinajstić information content (AvgIpc) is 1.48. The van der Waals surface area contributed by atoms with E-state index in [1.165, 1.54) is 150 Å². The van der Waals surface area contributed by atoms with Gasteiger partial charge in [-0.05, 0) is 192 Å². The number of ether oxygens (including phenoxy) is 3. The molecule has 0 aromatic heterocycles. The summed E-state index contributed by atoms with van der Waals surface area (Å²) in [4.78, 5) is 10.2. The van der Waals surface area contributed by atoms with E-state index >= 15 is 0 Å². The molecule has 10 heteroatoms. The second kappa shape index (κ2) is 32.8. The zero-order valence-corrected chi connectivity index (χ0v) is 82.6. The number of rotatable bonds is 12. The van der Waals surface area contributed by atoms with E-state index in [-0.39, 0.29) is 24.3 Å². The Morgan fingerprint density at radius 1 is 0.289 bits per heavy atom. The molecule has 9 aliphatic rings. The van der Waals surface area contributed by atoms with Crippen molar-refractivity contribution in [3.63, 3.8) is 0 Å². The third-order valence-electron chi connectivity index (χ3n) is 32.2. The summed E-state index contributed by atoms with van der Waals surface area (Å²) in [6.45, 7) is 23.1. The lowest BCUT2D eigenvalue weighted by Crippen LogP contribution is -2.59. The molecule has 7 nitrogen and oxygen atoms in total. The number of hydrogen-bond acceptors (Lipinski definition) is 8. The van der Waals surface area contributed by atoms with Gasteiger partial charge >= 0.3 is 0 Å². The molecule has 0 saturated carbocycles. The van der Waals surface area contributed by atoms with Gasteiger partial charge in [-0.3, -0.25) is 4.90 Å². The van der Waals surface area contributed by atoms with Crippen LogP contribution in [0.2, 0.25) is 0 Å². The predicted molar refractivity (Wildman–Crippen MR) is 591 cm³/mol. The van der Waals surface area contributed by atoms with Crippen LogP contribution in [0.1, 0.15) is 140 Å². The first-order valence-corrected chi connectivity index (χ1v) is 51.1. The van der Waals surface area contributed by atoms with E-state index in [1.807, 2.05) is 11.8 Å². The molecule has 0 bridgehead atoms. The summed E-state index contributed by atoms with van der Waals surface area (Å²) in [5, 5.41) is 1.29. The van der Waals surface area contributed by atoms with Crippen molar-refractivity contribution in [1.29, 1.82) is 0 Å². The van der Waals surface area contributed by atoms with Crippen molar-refractivity contribution in [2.24, 2.45) is 0 Å². The Balaban J connectivity index is 0.000000146. The molecular weight excluding hydrogens is 1740 g/mol. The number of para-hydroxylation sites is 2. The molecule has 0 radical (unpaired) electrons. The molecule has 8 heterocycles. The van der Waals surface area contributed by atoms with Gasteiger partial charge in [0.1, 0.15) is 11.5 Å². The summed E-state index contributed by atoms with van der Waals surface area (Å²) in [5.41, 5.74) is 41.1. The first-order chi connectivity index (χ1) is 69.2. The van der Waals surface area contributed by atoms with Crippen LogP contribution in [0.3, 0.4) is 0 Å². The standard InChI is InChI=1S/C69H51BN2OS.C63H57BN2O2/c1-45-40-61-64-62(41-45)72(59-39-23-19-33-52(59)47-26-10-5-11-27-47)66-65(67(2,49-28-12-6-13-29-49)68(3,74-66)50-30-14-7-15-31-50)70(64)57-42-48-44-69(55-36-20-16-34-53(55)54-35-17-21-37-56(54)69)73-63(48)43-60(57)71(61)58-38-22-18-32-51(58)46-24-8-4-9-25-46;1-42-36-55-58-56(37-42)66(51-34-30-45(31-35-51)61(5,6)7)59-53(41-63(68-59,48-24-16-10-17-25-48)49-26-18-11-19-27-49)64(58)52-38-43-40-62(46-20-12-8-13-21-46,47-22-14-9-15-23-47)67-57(43)39-54(52)65(55)50-32-28-44(29-33-50)60(2,3)4/h4-43H,44H2,1-3H3;8-39H,40-41H2,1-7H3. The summed E-state index contributed by atoms with van der Waals surface area (Å²) in [6, 6.07) is 162. The number of aryl methyl sites for hydroxylation is 2. The maximum Gasteiger partial charge on any atom is 0.251 e. The van der Waals surface area contributed by atoms with E-state index < -0.39 is 27.0 Å². The minimum atomic E-state index is -0.774. The highest BCUT2D eigenvalue weighted by Crippen LogP contribution is 2.70. The largest absolute Gasteiger partial charge is 0.477 e. The molecule has 18 aromatic rings. The van der Waals surface area contributed by atoms with Crippen LogP contribution in [0.5, 0.6) is 11.5 Å². The molecule has 142 heavy (non-hydrogen) atoms. The summed E-state index contributed by atoms with van der Waals surface area (Å²) in [7, 11) is 0. The van der Waals surface area contributed by atoms with Crippen molar-refractivity contribution >= 4 is 104 Å². The van der Waals surface area contributed by atoms with E-state index in [2.05, 4.69) is 526 Å². The van der Waals surface area contributed by atoms with Gasteiger partial charge in [-0.15, -0.1) is 0 Å². The van der Waals surface area contributed by atoms with Crippen LogP contribution < -0.4 is 50.9 Å². The highest BCUT2D eigenvalue weighted by atomic mass is 32.2. The molecule has 1 aliphatic carbocycles. The molecule has 8 aliphatic heterocycles. The second-order valence-corrected chi connectivity index (χ2v) is 43.9. The Bertz CT molecular complexity index is 8030. The lowest BCUT2D eigenvalue weighted by molar-refractivity contribution is 0.0598. The number of hydrogen-bond donors (Lipinski definition) is 0. The predicted octanol–water partition coefficient (Wildman–Crippen LogP) is 30.2. The molecule has 0 amide bonds. The van der Waals surface area contributed by atoms with Gasteiger partial charge in [-0.25, -0.2) is 0 Å². The molecule has 2 unspecified atom stereocenters. The van der Waals surface area contributed by atoms with E-state index in [9.17, 15) is 0 Å². The first kappa shape index (κ1) is 86.8. The van der Waals surface area contributed by atoms with Crippen LogP contribution in [0.15, 0.2) is 459 Å². The molecule has 0 N–H and O–H groups in total. The zero-order chi connectivity index (χ0) is 95.9. The molecular formula is C132H108B2N4O3S. The van der Waals surface area contributed by atoms with Gasteiger partial charge in [0.05, 0.1) is 21.2 Å². The summed E-state index contributed by atoms with van der Waals surface area (Å²) >= 11 is 2.04. The molecule has 18 aromatic carbocycles. The minimum absolute atomic E-state index is 0.00736. The summed E-state index contributed by atoms with van der Waals surface area (Å²) in [6.07, 6.45) is 2.12. The van der Waals surface area contributed by atoms with E-state index in [0.29, 0.717) is 12.8 Å². The average molecular weight is 1850 g/mol. The number of thioether (sulfide) groups is 1. The second-order valence-electron chi connectivity index (χ2n) is 42.5. The highest BCUT2D eigenvalue weighted by molar-refractivity contribution is 8.04. The molecule has 1 spiro atoms. The van der Waals surface area contributed by atoms with Crippen LogP contribution in [0, 0.1) is 13.8 Å². The Morgan fingerprint density at radius 2 is 0.634 bits per heavy atom. The number of anilines is 10. The molecule has 2 atom stereocenters. The summed E-state index contributed by atoms with van der Waals surface area (Å²) in [5.74, 6) is 2.77. The van der Waals surface area contributed by atoms with Gasteiger partial charge in [0.15, 0.2) is 22.7 Å². The fraction of sp³-hybridized carbons (Fsp3) is 0.152. The topological polar surface area (TPSA) is 40.7 Å². The third kappa shape index (κ3) is 13.3. The Labute approximate surface area is 839 Å². The number of nitrogens with zero attached hydrogens (tertiary/aromatic N) is 4. The number of fused-ring (bicyclic) bond motifs is 13. The van der Waals surface area contributed by atoms with Crippen LogP contribution in [0.4, 0.5) is 56.9 Å². The van der Waals surface area contributed by atoms with Crippen molar-refractivity contribution < 1.29 is 14.2 Å². The van der Waals surface area contributed by atoms with Gasteiger partial charge in [0.2, 0.25) is 6.71 Å². The maximum atomic E-state index is 7.86. The monoisotopic (exact) mass is 1850 g/mol. The van der Waals surface area contributed by atoms with Crippen LogP contribution >= 0.6 is 11.8 Å². The van der Waals surface area contributed by atoms with Crippen LogP contribution in [-0.4, -0.2) is 13.4 Å².